The van der Waals surface area contributed by atoms with Gasteiger partial charge < -0.3 is 15.1 Å². The highest BCUT2D eigenvalue weighted by atomic mass is 16.3. The fourth-order valence-electron chi connectivity index (χ4n) is 2.27. The third-order valence-electron chi connectivity index (χ3n) is 3.60. The zero-order valence-corrected chi connectivity index (χ0v) is 9.81. The third-order valence-corrected chi connectivity index (χ3v) is 3.60. The molecule has 1 aliphatic carbocycles. The molecule has 3 N–H and O–H groups in total. The molecule has 0 spiro atoms. The van der Waals surface area contributed by atoms with E-state index >= 15 is 0 Å². The van der Waals surface area contributed by atoms with E-state index in [0.29, 0.717) is 0 Å². The Balaban J connectivity index is 1.85. The van der Waals surface area contributed by atoms with Crippen LogP contribution in [-0.2, 0) is 5.54 Å². The molecule has 4 nitrogen and oxygen atoms in total. The van der Waals surface area contributed by atoms with Crippen molar-refractivity contribution in [1.29, 1.82) is 0 Å². The fourth-order valence-corrected chi connectivity index (χ4v) is 2.27. The topological polar surface area (TPSA) is 67.8 Å². The summed E-state index contributed by atoms with van der Waals surface area (Å²) in [6.45, 7) is 0. The Morgan fingerprint density at radius 3 is 2.89 bits per heavy atom. The second-order valence-electron chi connectivity index (χ2n) is 4.95. The van der Waals surface area contributed by atoms with Crippen LogP contribution >= 0.6 is 0 Å². The van der Waals surface area contributed by atoms with Gasteiger partial charge in [-0.3, -0.25) is 0 Å². The molecule has 0 radical (unpaired) electrons. The molecule has 4 heteroatoms. The van der Waals surface area contributed by atoms with Gasteiger partial charge in [-0.1, -0.05) is 6.07 Å². The number of nitrogens with one attached hydrogen (secondary N) is 1. The number of furan rings is 1. The van der Waals surface area contributed by atoms with Gasteiger partial charge in [-0.2, -0.15) is 0 Å². The first-order chi connectivity index (χ1) is 8.74. The minimum Gasteiger partial charge on any atom is -0.461 e. The van der Waals surface area contributed by atoms with E-state index in [0.717, 1.165) is 35.5 Å². The Labute approximate surface area is 104 Å². The molecule has 0 amide bonds. The number of aromatic amines is 1. The van der Waals surface area contributed by atoms with Gasteiger partial charge in [0.2, 0.25) is 0 Å². The molecule has 1 aliphatic rings. The first kappa shape index (κ1) is 9.91. The molecule has 0 atom stereocenters. The quantitative estimate of drug-likeness (QED) is 0.722. The van der Waals surface area contributed by atoms with Crippen LogP contribution in [0.4, 0.5) is 0 Å². The normalized spacial score (nSPS) is 17.2. The first-order valence-electron chi connectivity index (χ1n) is 6.08. The monoisotopic (exact) mass is 239 g/mol. The summed E-state index contributed by atoms with van der Waals surface area (Å²) >= 11 is 0. The van der Waals surface area contributed by atoms with E-state index in [4.69, 9.17) is 10.2 Å². The summed E-state index contributed by atoms with van der Waals surface area (Å²) in [6.07, 6.45) is 3.78. The second kappa shape index (κ2) is 3.23. The fraction of sp³-hybridized carbons (Fsp3) is 0.214. The Morgan fingerprint density at radius 2 is 2.17 bits per heavy atom. The van der Waals surface area contributed by atoms with Crippen molar-refractivity contribution in [2.24, 2.45) is 5.73 Å². The van der Waals surface area contributed by atoms with Gasteiger partial charge in [0, 0.05) is 5.54 Å². The molecule has 1 fully saturated rings. The highest BCUT2D eigenvalue weighted by Crippen LogP contribution is 2.43. The van der Waals surface area contributed by atoms with Crippen LogP contribution in [0.2, 0.25) is 0 Å². The average Bonchev–Trinajstić information content (AvgIpc) is 2.88. The van der Waals surface area contributed by atoms with Gasteiger partial charge in [0.25, 0.3) is 0 Å². The Morgan fingerprint density at radius 1 is 1.28 bits per heavy atom. The lowest BCUT2D eigenvalue weighted by Crippen LogP contribution is -2.18. The van der Waals surface area contributed by atoms with Crippen LogP contribution < -0.4 is 5.73 Å². The van der Waals surface area contributed by atoms with E-state index in [1.165, 1.54) is 5.56 Å². The van der Waals surface area contributed by atoms with Crippen LogP contribution in [0.15, 0.2) is 41.0 Å². The highest BCUT2D eigenvalue weighted by Gasteiger charge is 2.40. The Bertz CT molecular complexity index is 708. The van der Waals surface area contributed by atoms with Gasteiger partial charge in [0.1, 0.15) is 0 Å². The zero-order valence-electron chi connectivity index (χ0n) is 9.81. The molecule has 0 saturated heterocycles. The zero-order chi connectivity index (χ0) is 12.2. The van der Waals surface area contributed by atoms with E-state index in [9.17, 15) is 0 Å². The number of fused-ring (bicyclic) bond motifs is 1. The number of rotatable bonds is 2. The average molecular weight is 239 g/mol. The lowest BCUT2D eigenvalue weighted by molar-refractivity contribution is 0.578. The number of nitrogens with two attached hydrogens (primary N) is 1. The number of benzene rings is 1. The van der Waals surface area contributed by atoms with Gasteiger partial charge in [0.05, 0.1) is 17.3 Å². The van der Waals surface area contributed by atoms with Crippen molar-refractivity contribution >= 4 is 11.0 Å². The molecule has 4 rings (SSSR count). The van der Waals surface area contributed by atoms with Crippen LogP contribution in [0.5, 0.6) is 0 Å². The first-order valence-corrected chi connectivity index (χ1v) is 6.08. The number of aromatic nitrogens is 2. The maximum atomic E-state index is 6.21. The maximum absolute atomic E-state index is 6.21. The van der Waals surface area contributed by atoms with Crippen molar-refractivity contribution < 1.29 is 4.42 Å². The van der Waals surface area contributed by atoms with Gasteiger partial charge in [-0.05, 0) is 42.7 Å². The highest BCUT2D eigenvalue weighted by molar-refractivity contribution is 5.79. The smallest absolute Gasteiger partial charge is 0.174 e. The molecule has 0 unspecified atom stereocenters. The van der Waals surface area contributed by atoms with Gasteiger partial charge in [-0.15, -0.1) is 0 Å². The van der Waals surface area contributed by atoms with E-state index in [1.807, 2.05) is 18.2 Å². The molecule has 1 aromatic carbocycles. The predicted molar refractivity (Wildman–Crippen MR) is 68.9 cm³/mol. The van der Waals surface area contributed by atoms with Crippen molar-refractivity contribution in [2.75, 3.05) is 0 Å². The number of imidazole rings is 1. The molecular formula is C14H13N3O. The second-order valence-corrected chi connectivity index (χ2v) is 4.95. The minimum atomic E-state index is -0.107. The van der Waals surface area contributed by atoms with Crippen LogP contribution in [0.1, 0.15) is 18.4 Å². The van der Waals surface area contributed by atoms with Crippen LogP contribution in [-0.4, -0.2) is 9.97 Å². The Hall–Kier alpha value is -2.07. The number of H-pyrrole nitrogens is 1. The standard InChI is InChI=1S/C14H13N3O/c15-14(5-6-14)9-3-4-10-11(8-9)17-13(16-10)12-2-1-7-18-12/h1-4,7-8H,5-6,15H2,(H,16,17). The number of hydrogen-bond donors (Lipinski definition) is 2. The lowest BCUT2D eigenvalue weighted by Gasteiger charge is -2.07. The van der Waals surface area contributed by atoms with Crippen molar-refractivity contribution in [3.8, 4) is 11.6 Å². The SMILES string of the molecule is NC1(c2ccc3nc(-c4ccco4)[nH]c3c2)CC1. The molecular weight excluding hydrogens is 226 g/mol. The van der Waals surface area contributed by atoms with Crippen molar-refractivity contribution in [3.05, 3.63) is 42.2 Å². The number of nitrogens with zero attached hydrogens (tertiary/aromatic N) is 1. The maximum Gasteiger partial charge on any atom is 0.174 e. The molecule has 2 heterocycles. The van der Waals surface area contributed by atoms with Crippen LogP contribution in [0.25, 0.3) is 22.6 Å². The third kappa shape index (κ3) is 1.39. The van der Waals surface area contributed by atoms with Crippen molar-refractivity contribution in [1.82, 2.24) is 9.97 Å². The minimum absolute atomic E-state index is 0.107. The van der Waals surface area contributed by atoms with Crippen molar-refractivity contribution in [3.63, 3.8) is 0 Å². The van der Waals surface area contributed by atoms with Crippen molar-refractivity contribution in [2.45, 2.75) is 18.4 Å². The summed E-state index contributed by atoms with van der Waals surface area (Å²) in [6, 6.07) is 9.93. The largest absolute Gasteiger partial charge is 0.461 e. The summed E-state index contributed by atoms with van der Waals surface area (Å²) in [4.78, 5) is 7.79. The molecule has 3 aromatic rings. The summed E-state index contributed by atoms with van der Waals surface area (Å²) < 4.78 is 5.34. The summed E-state index contributed by atoms with van der Waals surface area (Å²) in [7, 11) is 0. The van der Waals surface area contributed by atoms with Crippen LogP contribution in [0, 0.1) is 0 Å². The van der Waals surface area contributed by atoms with Gasteiger partial charge >= 0.3 is 0 Å². The van der Waals surface area contributed by atoms with E-state index in [-0.39, 0.29) is 5.54 Å². The van der Waals surface area contributed by atoms with E-state index < -0.39 is 0 Å². The summed E-state index contributed by atoms with van der Waals surface area (Å²) in [5.41, 5.74) is 9.23. The van der Waals surface area contributed by atoms with Gasteiger partial charge in [-0.25, -0.2) is 4.98 Å². The molecule has 90 valence electrons. The molecule has 0 aliphatic heterocycles. The Kier molecular flexibility index (Phi) is 1.78. The van der Waals surface area contributed by atoms with Crippen LogP contribution in [0.3, 0.4) is 0 Å². The van der Waals surface area contributed by atoms with E-state index in [1.54, 1.807) is 6.26 Å². The van der Waals surface area contributed by atoms with E-state index in [2.05, 4.69) is 22.1 Å². The molecule has 1 saturated carbocycles. The predicted octanol–water partition coefficient (Wildman–Crippen LogP) is 2.77. The molecule has 2 aromatic heterocycles. The lowest BCUT2D eigenvalue weighted by atomic mass is 10.1. The molecule has 18 heavy (non-hydrogen) atoms. The van der Waals surface area contributed by atoms with Gasteiger partial charge in [0.15, 0.2) is 11.6 Å². The summed E-state index contributed by atoms with van der Waals surface area (Å²) in [5.74, 6) is 1.51. The summed E-state index contributed by atoms with van der Waals surface area (Å²) in [5, 5.41) is 0. The molecule has 0 bridgehead atoms. The number of hydrogen-bond acceptors (Lipinski definition) is 3.